The molecule has 2 unspecified atom stereocenters. The summed E-state index contributed by atoms with van der Waals surface area (Å²) in [5.74, 6) is 0. The Morgan fingerprint density at radius 3 is 2.82 bits per heavy atom. The number of hydrogen-bond donors (Lipinski definition) is 0. The van der Waals surface area contributed by atoms with Gasteiger partial charge in [-0.2, -0.15) is 0 Å². The zero-order valence-corrected chi connectivity index (χ0v) is 10.9. The van der Waals surface area contributed by atoms with Crippen LogP contribution in [0.15, 0.2) is 41.6 Å². The number of halogens is 1. The predicted molar refractivity (Wildman–Crippen MR) is 71.5 cm³/mol. The van der Waals surface area contributed by atoms with Crippen molar-refractivity contribution in [2.24, 2.45) is 5.16 Å². The molecule has 0 bridgehead atoms. The van der Waals surface area contributed by atoms with Gasteiger partial charge in [-0.3, -0.25) is 0 Å². The lowest BCUT2D eigenvalue weighted by molar-refractivity contribution is 0.0757. The highest BCUT2D eigenvalue weighted by molar-refractivity contribution is 9.10. The highest BCUT2D eigenvalue weighted by atomic mass is 79.9. The highest BCUT2D eigenvalue weighted by Crippen LogP contribution is 2.58. The molecule has 0 N–H and O–H groups in total. The molecule has 0 saturated carbocycles. The summed E-state index contributed by atoms with van der Waals surface area (Å²) >= 11 is 3.86. The third-order valence-electron chi connectivity index (χ3n) is 3.79. The van der Waals surface area contributed by atoms with E-state index >= 15 is 0 Å². The molecule has 2 aromatic carbocycles. The van der Waals surface area contributed by atoms with Crippen molar-refractivity contribution in [3.8, 4) is 0 Å². The molecule has 84 valence electrons. The summed E-state index contributed by atoms with van der Waals surface area (Å²) in [6.07, 6.45) is -0.0244. The molecule has 0 saturated heterocycles. The lowest BCUT2D eigenvalue weighted by Gasteiger charge is -2.21. The minimum atomic E-state index is -0.268. The van der Waals surface area contributed by atoms with Gasteiger partial charge < -0.3 is 4.84 Å². The second kappa shape index (κ2) is 2.91. The Hall–Kier alpha value is -1.35. The lowest BCUT2D eigenvalue weighted by atomic mass is 9.94. The van der Waals surface area contributed by atoms with Gasteiger partial charge in [0, 0.05) is 5.56 Å². The maximum absolute atomic E-state index is 5.61. The van der Waals surface area contributed by atoms with E-state index in [2.05, 4.69) is 57.5 Å². The first kappa shape index (κ1) is 9.66. The summed E-state index contributed by atoms with van der Waals surface area (Å²) in [4.78, 5) is 5.61. The number of oxime groups is 1. The molecule has 4 rings (SSSR count). The fourth-order valence-electron chi connectivity index (χ4n) is 2.96. The molecule has 0 radical (unpaired) electrons. The summed E-state index contributed by atoms with van der Waals surface area (Å²) in [5, 5.41) is 6.73. The summed E-state index contributed by atoms with van der Waals surface area (Å²) in [6.45, 7) is 2.01. The molecular formula is C14H10BrNO. The monoisotopic (exact) mass is 287 g/mol. The standard InChI is InChI=1S/C14H10BrNO/c1-8-14(15)11-7-3-5-9-4-2-6-10(12(9)11)13(14)17-16-8/h2-7,13H,1H3. The Labute approximate surface area is 107 Å². The van der Waals surface area contributed by atoms with Gasteiger partial charge in [-0.1, -0.05) is 57.5 Å². The van der Waals surface area contributed by atoms with Crippen LogP contribution in [0.2, 0.25) is 0 Å². The zero-order valence-electron chi connectivity index (χ0n) is 9.27. The van der Waals surface area contributed by atoms with Gasteiger partial charge in [0.05, 0.1) is 5.71 Å². The van der Waals surface area contributed by atoms with Gasteiger partial charge in [-0.05, 0) is 23.3 Å². The molecule has 2 nitrogen and oxygen atoms in total. The topological polar surface area (TPSA) is 21.6 Å². The Bertz CT molecular complexity index is 674. The van der Waals surface area contributed by atoms with Crippen molar-refractivity contribution in [1.82, 2.24) is 0 Å². The summed E-state index contributed by atoms with van der Waals surface area (Å²) in [6, 6.07) is 12.8. The van der Waals surface area contributed by atoms with Crippen molar-refractivity contribution < 1.29 is 4.84 Å². The number of hydrogen-bond acceptors (Lipinski definition) is 2. The van der Waals surface area contributed by atoms with Crippen LogP contribution in [0, 0.1) is 0 Å². The van der Waals surface area contributed by atoms with Gasteiger partial charge in [0.15, 0.2) is 6.10 Å². The number of benzene rings is 2. The molecular weight excluding hydrogens is 278 g/mol. The van der Waals surface area contributed by atoms with E-state index in [0.717, 1.165) is 5.71 Å². The maximum Gasteiger partial charge on any atom is 0.177 e. The van der Waals surface area contributed by atoms with E-state index < -0.39 is 0 Å². The van der Waals surface area contributed by atoms with Crippen LogP contribution in [0.5, 0.6) is 0 Å². The van der Waals surface area contributed by atoms with E-state index in [1.807, 2.05) is 6.92 Å². The van der Waals surface area contributed by atoms with E-state index in [9.17, 15) is 0 Å². The molecule has 0 fully saturated rings. The van der Waals surface area contributed by atoms with Crippen molar-refractivity contribution in [1.29, 1.82) is 0 Å². The molecule has 17 heavy (non-hydrogen) atoms. The average Bonchev–Trinajstić information content (AvgIpc) is 2.78. The molecule has 2 aromatic rings. The Morgan fingerprint density at radius 2 is 2.00 bits per heavy atom. The smallest absolute Gasteiger partial charge is 0.177 e. The van der Waals surface area contributed by atoms with Crippen LogP contribution in [-0.2, 0) is 9.16 Å². The third kappa shape index (κ3) is 0.951. The van der Waals surface area contributed by atoms with Gasteiger partial charge in [-0.15, -0.1) is 0 Å². The molecule has 1 aliphatic carbocycles. The molecule has 0 spiro atoms. The van der Waals surface area contributed by atoms with Gasteiger partial charge in [0.25, 0.3) is 0 Å². The van der Waals surface area contributed by atoms with E-state index in [-0.39, 0.29) is 10.4 Å². The third-order valence-corrected chi connectivity index (χ3v) is 5.21. The first-order chi connectivity index (χ1) is 8.23. The van der Waals surface area contributed by atoms with Crippen molar-refractivity contribution in [2.75, 3.05) is 0 Å². The normalized spacial score (nSPS) is 29.1. The van der Waals surface area contributed by atoms with E-state index in [4.69, 9.17) is 4.84 Å². The van der Waals surface area contributed by atoms with Crippen molar-refractivity contribution in [3.63, 3.8) is 0 Å². The van der Waals surface area contributed by atoms with Crippen molar-refractivity contribution >= 4 is 32.4 Å². The summed E-state index contributed by atoms with van der Waals surface area (Å²) in [7, 11) is 0. The molecule has 0 amide bonds. The van der Waals surface area contributed by atoms with Crippen LogP contribution in [0.25, 0.3) is 10.8 Å². The summed E-state index contributed by atoms with van der Waals surface area (Å²) in [5.41, 5.74) is 3.50. The fourth-order valence-corrected chi connectivity index (χ4v) is 3.69. The van der Waals surface area contributed by atoms with Crippen LogP contribution in [0.4, 0.5) is 0 Å². The van der Waals surface area contributed by atoms with E-state index in [0.29, 0.717) is 0 Å². The molecule has 2 atom stereocenters. The second-order valence-electron chi connectivity index (χ2n) is 4.62. The van der Waals surface area contributed by atoms with Gasteiger partial charge in [-0.25, -0.2) is 0 Å². The van der Waals surface area contributed by atoms with Crippen molar-refractivity contribution in [3.05, 3.63) is 47.5 Å². The first-order valence-electron chi connectivity index (χ1n) is 5.65. The summed E-state index contributed by atoms with van der Waals surface area (Å²) < 4.78 is -0.268. The number of fused-ring (bicyclic) bond motifs is 3. The molecule has 1 aliphatic heterocycles. The minimum Gasteiger partial charge on any atom is -0.385 e. The van der Waals surface area contributed by atoms with Crippen molar-refractivity contribution in [2.45, 2.75) is 17.4 Å². The molecule has 3 heteroatoms. The number of alkyl halides is 1. The highest BCUT2D eigenvalue weighted by Gasteiger charge is 2.53. The van der Waals surface area contributed by atoms with Gasteiger partial charge >= 0.3 is 0 Å². The Balaban J connectivity index is 2.19. The van der Waals surface area contributed by atoms with Crippen LogP contribution < -0.4 is 0 Å². The Morgan fingerprint density at radius 1 is 1.24 bits per heavy atom. The van der Waals surface area contributed by atoms with Gasteiger partial charge in [0.1, 0.15) is 4.32 Å². The fraction of sp³-hybridized carbons (Fsp3) is 0.214. The largest absolute Gasteiger partial charge is 0.385 e. The number of rotatable bonds is 0. The molecule has 2 aliphatic rings. The molecule has 1 heterocycles. The molecule has 0 aromatic heterocycles. The SMILES string of the molecule is CC1=NOC2c3cccc4cccc(c34)C12Br. The van der Waals surface area contributed by atoms with E-state index in [1.165, 1.54) is 21.9 Å². The van der Waals surface area contributed by atoms with Crippen LogP contribution in [-0.4, -0.2) is 5.71 Å². The maximum atomic E-state index is 5.61. The second-order valence-corrected chi connectivity index (χ2v) is 5.88. The zero-order chi connectivity index (χ0) is 11.6. The first-order valence-corrected chi connectivity index (χ1v) is 6.44. The van der Waals surface area contributed by atoms with Crippen LogP contribution in [0.1, 0.15) is 24.2 Å². The Kier molecular flexibility index (Phi) is 1.65. The predicted octanol–water partition coefficient (Wildman–Crippen LogP) is 3.89. The average molecular weight is 288 g/mol. The van der Waals surface area contributed by atoms with Crippen LogP contribution in [0.3, 0.4) is 0 Å². The lowest BCUT2D eigenvalue weighted by Crippen LogP contribution is -2.26. The van der Waals surface area contributed by atoms with E-state index in [1.54, 1.807) is 0 Å². The minimum absolute atomic E-state index is 0.0244. The van der Waals surface area contributed by atoms with Crippen LogP contribution >= 0.6 is 15.9 Å². The van der Waals surface area contributed by atoms with Gasteiger partial charge in [0.2, 0.25) is 0 Å². The quantitative estimate of drug-likeness (QED) is 0.674. The number of nitrogens with zero attached hydrogens (tertiary/aromatic N) is 1.